The number of hydrogen-bond donors (Lipinski definition) is 0. The van der Waals surface area contributed by atoms with Crippen molar-refractivity contribution in [3.05, 3.63) is 29.3 Å². The first-order valence-corrected chi connectivity index (χ1v) is 7.34. The lowest BCUT2D eigenvalue weighted by Gasteiger charge is -2.19. The Kier molecular flexibility index (Phi) is 4.70. The van der Waals surface area contributed by atoms with Crippen LogP contribution in [0.3, 0.4) is 0 Å². The summed E-state index contributed by atoms with van der Waals surface area (Å²) in [7, 11) is 0.980. The second kappa shape index (κ2) is 5.71. The molecule has 5 nitrogen and oxygen atoms in total. The fourth-order valence-electron chi connectivity index (χ4n) is 1.47. The van der Waals surface area contributed by atoms with Crippen molar-refractivity contribution >= 4 is 15.9 Å². The number of rotatable bonds is 4. The molecule has 0 bridgehead atoms. The molecule has 1 amide bonds. The Morgan fingerprint density at radius 3 is 2.16 bits per heavy atom. The Hall–Kier alpha value is -1.40. The summed E-state index contributed by atoms with van der Waals surface area (Å²) in [5, 5.41) is 0. The van der Waals surface area contributed by atoms with E-state index < -0.39 is 10.0 Å². The van der Waals surface area contributed by atoms with E-state index in [1.165, 1.54) is 11.9 Å². The fourth-order valence-corrected chi connectivity index (χ4v) is 2.68. The van der Waals surface area contributed by atoms with Gasteiger partial charge in [-0.3, -0.25) is 4.79 Å². The molecule has 0 heterocycles. The van der Waals surface area contributed by atoms with Gasteiger partial charge in [0.25, 0.3) is 0 Å². The second-order valence-electron chi connectivity index (χ2n) is 4.80. The zero-order valence-electron chi connectivity index (χ0n) is 12.0. The lowest BCUT2D eigenvalue weighted by molar-refractivity contribution is -0.128. The highest BCUT2D eigenvalue weighted by Crippen LogP contribution is 2.18. The van der Waals surface area contributed by atoms with Crippen LogP contribution in [0.15, 0.2) is 23.1 Å². The number of carbonyl (C=O) groups is 1. The molecule has 0 atom stereocenters. The first-order chi connectivity index (χ1) is 8.66. The normalized spacial score (nSPS) is 11.7. The molecular formula is C13H20N2O3S. The molecule has 0 saturated heterocycles. The van der Waals surface area contributed by atoms with Crippen molar-refractivity contribution in [1.82, 2.24) is 9.21 Å². The van der Waals surface area contributed by atoms with Crippen LogP contribution in [-0.2, 0) is 14.8 Å². The number of nitrogens with zero attached hydrogens (tertiary/aromatic N) is 2. The van der Waals surface area contributed by atoms with Crippen molar-refractivity contribution in [3.63, 3.8) is 0 Å². The van der Waals surface area contributed by atoms with Crippen LogP contribution in [0.2, 0.25) is 0 Å². The third-order valence-electron chi connectivity index (χ3n) is 3.04. The van der Waals surface area contributed by atoms with E-state index in [-0.39, 0.29) is 17.3 Å². The molecule has 0 aliphatic heterocycles. The van der Waals surface area contributed by atoms with Crippen molar-refractivity contribution in [2.45, 2.75) is 18.7 Å². The Morgan fingerprint density at radius 2 is 1.68 bits per heavy atom. The highest BCUT2D eigenvalue weighted by molar-refractivity contribution is 7.89. The van der Waals surface area contributed by atoms with Crippen LogP contribution in [-0.4, -0.2) is 51.2 Å². The van der Waals surface area contributed by atoms with E-state index in [0.717, 1.165) is 15.4 Å². The highest BCUT2D eigenvalue weighted by Gasteiger charge is 2.23. The Morgan fingerprint density at radius 1 is 1.11 bits per heavy atom. The van der Waals surface area contributed by atoms with E-state index in [1.807, 2.05) is 13.8 Å². The van der Waals surface area contributed by atoms with Gasteiger partial charge in [0.1, 0.15) is 0 Å². The van der Waals surface area contributed by atoms with Gasteiger partial charge in [0.2, 0.25) is 15.9 Å². The number of sulfonamides is 1. The third-order valence-corrected chi connectivity index (χ3v) is 4.84. The van der Waals surface area contributed by atoms with E-state index in [2.05, 4.69) is 0 Å². The van der Waals surface area contributed by atoms with Gasteiger partial charge in [0.05, 0.1) is 11.4 Å². The quantitative estimate of drug-likeness (QED) is 0.829. The van der Waals surface area contributed by atoms with Crippen molar-refractivity contribution in [1.29, 1.82) is 0 Å². The maximum Gasteiger partial charge on any atom is 0.243 e. The zero-order valence-corrected chi connectivity index (χ0v) is 12.8. The van der Waals surface area contributed by atoms with Gasteiger partial charge in [0.15, 0.2) is 0 Å². The van der Waals surface area contributed by atoms with Gasteiger partial charge in [-0.15, -0.1) is 0 Å². The van der Waals surface area contributed by atoms with Crippen molar-refractivity contribution in [3.8, 4) is 0 Å². The number of aryl methyl sites for hydroxylation is 2. The number of likely N-dealkylation sites (N-methyl/N-ethyl adjacent to an activating group) is 2. The van der Waals surface area contributed by atoms with Gasteiger partial charge >= 0.3 is 0 Å². The first-order valence-electron chi connectivity index (χ1n) is 5.90. The molecule has 6 heteroatoms. The molecule has 106 valence electrons. The standard InChI is InChI=1S/C13H20N2O3S/c1-10-6-7-12(8-11(10)2)19(17,18)15(5)9-13(16)14(3)4/h6-8H,9H2,1-5H3. The minimum absolute atomic E-state index is 0.164. The van der Waals surface area contributed by atoms with Crippen LogP contribution in [0.1, 0.15) is 11.1 Å². The summed E-state index contributed by atoms with van der Waals surface area (Å²) in [6.45, 7) is 3.62. The summed E-state index contributed by atoms with van der Waals surface area (Å²) in [5.74, 6) is -0.255. The molecule has 0 radical (unpaired) electrons. The Labute approximate surface area is 114 Å². The van der Waals surface area contributed by atoms with Crippen molar-refractivity contribution < 1.29 is 13.2 Å². The SMILES string of the molecule is Cc1ccc(S(=O)(=O)N(C)CC(=O)N(C)C)cc1C. The van der Waals surface area contributed by atoms with E-state index in [1.54, 1.807) is 32.3 Å². The van der Waals surface area contributed by atoms with E-state index >= 15 is 0 Å². The van der Waals surface area contributed by atoms with Gasteiger partial charge < -0.3 is 4.90 Å². The third kappa shape index (κ3) is 3.54. The smallest absolute Gasteiger partial charge is 0.243 e. The van der Waals surface area contributed by atoms with Gasteiger partial charge in [0, 0.05) is 21.1 Å². The Bertz CT molecular complexity index is 580. The van der Waals surface area contributed by atoms with E-state index in [0.29, 0.717) is 0 Å². The first kappa shape index (κ1) is 15.7. The van der Waals surface area contributed by atoms with Gasteiger partial charge in [-0.1, -0.05) is 6.07 Å². The number of benzene rings is 1. The summed E-state index contributed by atoms with van der Waals surface area (Å²) < 4.78 is 25.7. The molecule has 19 heavy (non-hydrogen) atoms. The zero-order chi connectivity index (χ0) is 14.8. The lowest BCUT2D eigenvalue weighted by atomic mass is 10.1. The van der Waals surface area contributed by atoms with Crippen LogP contribution < -0.4 is 0 Å². The predicted octanol–water partition coefficient (Wildman–Crippen LogP) is 1.01. The molecular weight excluding hydrogens is 264 g/mol. The second-order valence-corrected chi connectivity index (χ2v) is 6.84. The summed E-state index contributed by atoms with van der Waals surface area (Å²) in [4.78, 5) is 13.2. The summed E-state index contributed by atoms with van der Waals surface area (Å²) >= 11 is 0. The average molecular weight is 284 g/mol. The maximum atomic E-state index is 12.3. The summed E-state index contributed by atoms with van der Waals surface area (Å²) in [6.07, 6.45) is 0. The van der Waals surface area contributed by atoms with Gasteiger partial charge in [-0.25, -0.2) is 8.42 Å². The summed E-state index contributed by atoms with van der Waals surface area (Å²) in [6, 6.07) is 4.96. The minimum Gasteiger partial charge on any atom is -0.348 e. The molecule has 0 N–H and O–H groups in total. The molecule has 0 spiro atoms. The van der Waals surface area contributed by atoms with Crippen molar-refractivity contribution in [2.24, 2.45) is 0 Å². The largest absolute Gasteiger partial charge is 0.348 e. The molecule has 1 aromatic rings. The molecule has 0 fully saturated rings. The van der Waals surface area contributed by atoms with Crippen LogP contribution in [0, 0.1) is 13.8 Å². The van der Waals surface area contributed by atoms with Gasteiger partial charge in [-0.05, 0) is 37.1 Å². The van der Waals surface area contributed by atoms with Gasteiger partial charge in [-0.2, -0.15) is 4.31 Å². The minimum atomic E-state index is -3.62. The van der Waals surface area contributed by atoms with Crippen molar-refractivity contribution in [2.75, 3.05) is 27.7 Å². The molecule has 0 aliphatic carbocycles. The predicted molar refractivity (Wildman–Crippen MR) is 74.4 cm³/mol. The lowest BCUT2D eigenvalue weighted by Crippen LogP contribution is -2.37. The fraction of sp³-hybridized carbons (Fsp3) is 0.462. The topological polar surface area (TPSA) is 57.7 Å². The number of hydrogen-bond acceptors (Lipinski definition) is 3. The van der Waals surface area contributed by atoms with Crippen LogP contribution >= 0.6 is 0 Å². The highest BCUT2D eigenvalue weighted by atomic mass is 32.2. The number of amides is 1. The molecule has 0 unspecified atom stereocenters. The maximum absolute atomic E-state index is 12.3. The Balaban J connectivity index is 3.03. The molecule has 0 aromatic heterocycles. The van der Waals surface area contributed by atoms with E-state index in [4.69, 9.17) is 0 Å². The average Bonchev–Trinajstić information content (AvgIpc) is 2.32. The molecule has 0 saturated carbocycles. The molecule has 0 aliphatic rings. The number of carbonyl (C=O) groups excluding carboxylic acids is 1. The van der Waals surface area contributed by atoms with Crippen LogP contribution in [0.4, 0.5) is 0 Å². The molecule has 1 rings (SSSR count). The molecule has 1 aromatic carbocycles. The van der Waals surface area contributed by atoms with Crippen LogP contribution in [0.25, 0.3) is 0 Å². The summed E-state index contributed by atoms with van der Waals surface area (Å²) in [5.41, 5.74) is 1.94. The van der Waals surface area contributed by atoms with Crippen LogP contribution in [0.5, 0.6) is 0 Å². The monoisotopic (exact) mass is 284 g/mol. The van der Waals surface area contributed by atoms with E-state index in [9.17, 15) is 13.2 Å².